The predicted molar refractivity (Wildman–Crippen MR) is 89.6 cm³/mol. The molecule has 1 heterocycles. The van der Waals surface area contributed by atoms with Gasteiger partial charge in [-0.25, -0.2) is 4.79 Å². The summed E-state index contributed by atoms with van der Waals surface area (Å²) in [5, 5.41) is 0.758. The Labute approximate surface area is 166 Å². The lowest BCUT2D eigenvalue weighted by Gasteiger charge is -2.04. The Balaban J connectivity index is 0.00000312. The summed E-state index contributed by atoms with van der Waals surface area (Å²) in [4.78, 5) is 24.3. The highest BCUT2D eigenvalue weighted by molar-refractivity contribution is 6.36. The molecule has 0 aliphatic carbocycles. The molecule has 0 aliphatic rings. The highest BCUT2D eigenvalue weighted by atomic mass is 79.9. The van der Waals surface area contributed by atoms with E-state index in [9.17, 15) is 9.59 Å². The molecular formula is C17H16BrCl2NO4. The molecule has 0 radical (unpaired) electrons. The van der Waals surface area contributed by atoms with Gasteiger partial charge in [0.05, 0.1) is 11.6 Å². The van der Waals surface area contributed by atoms with Crippen LogP contribution >= 0.6 is 23.2 Å². The van der Waals surface area contributed by atoms with Gasteiger partial charge in [0.25, 0.3) is 0 Å². The van der Waals surface area contributed by atoms with Gasteiger partial charge in [0, 0.05) is 23.8 Å². The number of ether oxygens (including phenoxy) is 2. The van der Waals surface area contributed by atoms with Crippen molar-refractivity contribution in [2.75, 3.05) is 20.3 Å². The monoisotopic (exact) mass is 447 g/mol. The van der Waals surface area contributed by atoms with Crippen LogP contribution in [0.5, 0.6) is 0 Å². The number of Topliss-reactive ketones (excluding diaryl/α,β-unsaturated/α-hetero) is 1. The first-order valence-corrected chi connectivity index (χ1v) is 7.90. The molecule has 0 saturated heterocycles. The van der Waals surface area contributed by atoms with Crippen LogP contribution in [0.4, 0.5) is 0 Å². The molecule has 0 N–H and O–H groups in total. The third kappa shape index (κ3) is 6.40. The maximum atomic E-state index is 12.4. The summed E-state index contributed by atoms with van der Waals surface area (Å²) < 4.78 is 11.5. The Morgan fingerprint density at radius 3 is 2.60 bits per heavy atom. The molecule has 0 unspecified atom stereocenters. The van der Waals surface area contributed by atoms with Crippen molar-refractivity contribution < 1.29 is 40.6 Å². The number of hydrogen-bond acceptors (Lipinski definition) is 4. The van der Waals surface area contributed by atoms with E-state index in [-0.39, 0.29) is 35.9 Å². The van der Waals surface area contributed by atoms with Gasteiger partial charge in [-0.3, -0.25) is 4.79 Å². The van der Waals surface area contributed by atoms with Crippen molar-refractivity contribution in [3.8, 4) is 0 Å². The summed E-state index contributed by atoms with van der Waals surface area (Å²) in [5.74, 6) is -0.662. The number of benzene rings is 1. The van der Waals surface area contributed by atoms with Crippen LogP contribution in [0.1, 0.15) is 20.7 Å². The van der Waals surface area contributed by atoms with Gasteiger partial charge < -0.3 is 26.5 Å². The van der Waals surface area contributed by atoms with E-state index in [1.807, 2.05) is 0 Å². The van der Waals surface area contributed by atoms with Crippen LogP contribution in [0, 0.1) is 0 Å². The maximum absolute atomic E-state index is 12.4. The van der Waals surface area contributed by atoms with Gasteiger partial charge in [-0.15, -0.1) is 0 Å². The minimum absolute atomic E-state index is 0. The Kier molecular flexibility index (Phi) is 9.06. The molecule has 0 fully saturated rings. The highest BCUT2D eigenvalue weighted by Gasteiger charge is 2.18. The molecule has 134 valence electrons. The fraction of sp³-hybridized carbons (Fsp3) is 0.235. The number of nitrogens with zero attached hydrogens (tertiary/aromatic N) is 1. The van der Waals surface area contributed by atoms with E-state index in [0.29, 0.717) is 27.8 Å². The lowest BCUT2D eigenvalue weighted by atomic mass is 10.1. The standard InChI is InChI=1S/C17H16Cl2NO4.BrH/c1-23-7-8-24-17(22)12-3-2-6-20(10-12)11-16(21)14-5-4-13(18)9-15(14)19;/h2-6,9-10H,7-8,11H2,1H3;1H/q+1;/p-1. The molecule has 0 spiro atoms. The number of aromatic nitrogens is 1. The summed E-state index contributed by atoms with van der Waals surface area (Å²) in [6.07, 6.45) is 3.24. The largest absolute Gasteiger partial charge is 1.00 e. The van der Waals surface area contributed by atoms with Crippen molar-refractivity contribution in [1.82, 2.24) is 0 Å². The van der Waals surface area contributed by atoms with Gasteiger partial charge in [-0.1, -0.05) is 23.2 Å². The van der Waals surface area contributed by atoms with E-state index in [2.05, 4.69) is 0 Å². The molecule has 1 aromatic carbocycles. The Morgan fingerprint density at radius 2 is 1.92 bits per heavy atom. The zero-order valence-corrected chi connectivity index (χ0v) is 16.5. The number of ketones is 1. The van der Waals surface area contributed by atoms with Crippen molar-refractivity contribution in [3.63, 3.8) is 0 Å². The second-order valence-electron chi connectivity index (χ2n) is 4.94. The zero-order chi connectivity index (χ0) is 17.5. The van der Waals surface area contributed by atoms with E-state index in [4.69, 9.17) is 32.7 Å². The molecule has 0 amide bonds. The number of carbonyl (C=O) groups is 2. The molecule has 0 aliphatic heterocycles. The lowest BCUT2D eigenvalue weighted by Crippen LogP contribution is -3.00. The average molecular weight is 449 g/mol. The van der Waals surface area contributed by atoms with Gasteiger partial charge in [-0.05, 0) is 24.3 Å². The average Bonchev–Trinajstić information content (AvgIpc) is 2.55. The third-order valence-electron chi connectivity index (χ3n) is 3.17. The number of hydrogen-bond donors (Lipinski definition) is 0. The minimum atomic E-state index is -0.474. The van der Waals surface area contributed by atoms with Gasteiger partial charge in [0.2, 0.25) is 12.3 Å². The van der Waals surface area contributed by atoms with E-state index in [1.165, 1.54) is 13.2 Å². The summed E-state index contributed by atoms with van der Waals surface area (Å²) >= 11 is 11.9. The molecule has 0 saturated carbocycles. The number of halogens is 3. The molecule has 0 bridgehead atoms. The molecule has 8 heteroatoms. The number of methoxy groups -OCH3 is 1. The molecule has 1 aromatic heterocycles. The van der Waals surface area contributed by atoms with Gasteiger partial charge >= 0.3 is 5.97 Å². The molecule has 25 heavy (non-hydrogen) atoms. The van der Waals surface area contributed by atoms with E-state index < -0.39 is 5.97 Å². The van der Waals surface area contributed by atoms with Crippen LogP contribution in [0.2, 0.25) is 10.0 Å². The Bertz CT molecular complexity index is 755. The SMILES string of the molecule is COCCOC(=O)c1ccc[n+](CC(=O)c2ccc(Cl)cc2Cl)c1.[Br-]. The molecule has 5 nitrogen and oxygen atoms in total. The summed E-state index contributed by atoms with van der Waals surface area (Å²) in [5.41, 5.74) is 0.727. The fourth-order valence-corrected chi connectivity index (χ4v) is 2.52. The van der Waals surface area contributed by atoms with Crippen LogP contribution in [0.25, 0.3) is 0 Å². The molecular weight excluding hydrogens is 433 g/mol. The van der Waals surface area contributed by atoms with Crippen LogP contribution < -0.4 is 21.5 Å². The van der Waals surface area contributed by atoms with Crippen LogP contribution in [-0.2, 0) is 16.0 Å². The Morgan fingerprint density at radius 1 is 1.16 bits per heavy atom. The van der Waals surface area contributed by atoms with E-state index in [0.717, 1.165) is 0 Å². The quantitative estimate of drug-likeness (QED) is 0.258. The van der Waals surface area contributed by atoms with E-state index in [1.54, 1.807) is 41.2 Å². The topological polar surface area (TPSA) is 56.5 Å². The molecule has 0 atom stereocenters. The van der Waals surface area contributed by atoms with Crippen molar-refractivity contribution in [2.45, 2.75) is 6.54 Å². The smallest absolute Gasteiger partial charge is 0.344 e. The first-order valence-electron chi connectivity index (χ1n) is 7.14. The van der Waals surface area contributed by atoms with Gasteiger partial charge in [0.15, 0.2) is 12.4 Å². The molecule has 2 rings (SSSR count). The van der Waals surface area contributed by atoms with Crippen LogP contribution in [-0.4, -0.2) is 32.1 Å². The molecule has 2 aromatic rings. The number of carbonyl (C=O) groups excluding carboxylic acids is 2. The normalized spacial score (nSPS) is 10.0. The number of rotatable bonds is 7. The first-order chi connectivity index (χ1) is 11.5. The second-order valence-corrected chi connectivity index (χ2v) is 5.78. The Hall–Kier alpha value is -1.47. The van der Waals surface area contributed by atoms with Crippen LogP contribution in [0.15, 0.2) is 42.7 Å². The summed E-state index contributed by atoms with van der Waals surface area (Å²) in [7, 11) is 1.53. The fourth-order valence-electron chi connectivity index (χ4n) is 2.01. The van der Waals surface area contributed by atoms with Crippen molar-refractivity contribution in [1.29, 1.82) is 0 Å². The van der Waals surface area contributed by atoms with Gasteiger partial charge in [-0.2, -0.15) is 4.57 Å². The first kappa shape index (κ1) is 21.6. The van der Waals surface area contributed by atoms with Crippen molar-refractivity contribution in [2.24, 2.45) is 0 Å². The predicted octanol–water partition coefficient (Wildman–Crippen LogP) is -0.0290. The highest BCUT2D eigenvalue weighted by Crippen LogP contribution is 2.21. The van der Waals surface area contributed by atoms with Crippen molar-refractivity contribution in [3.05, 3.63) is 63.9 Å². The summed E-state index contributed by atoms with van der Waals surface area (Å²) in [6.45, 7) is 0.538. The van der Waals surface area contributed by atoms with Gasteiger partial charge in [0.1, 0.15) is 12.2 Å². The van der Waals surface area contributed by atoms with E-state index >= 15 is 0 Å². The van der Waals surface area contributed by atoms with Crippen molar-refractivity contribution >= 4 is 35.0 Å². The zero-order valence-electron chi connectivity index (χ0n) is 13.4. The minimum Gasteiger partial charge on any atom is -1.00 e. The summed E-state index contributed by atoms with van der Waals surface area (Å²) in [6, 6.07) is 7.99. The lowest BCUT2D eigenvalue weighted by molar-refractivity contribution is -0.683. The number of pyridine rings is 1. The third-order valence-corrected chi connectivity index (χ3v) is 3.72. The maximum Gasteiger partial charge on any atom is 0.344 e. The number of esters is 1. The van der Waals surface area contributed by atoms with Crippen LogP contribution in [0.3, 0.4) is 0 Å². The second kappa shape index (κ2) is 10.5.